The molecule has 0 unspecified atom stereocenters. The van der Waals surface area contributed by atoms with E-state index in [2.05, 4.69) is 4.98 Å². The Morgan fingerprint density at radius 1 is 1.00 bits per heavy atom. The molecule has 2 aromatic carbocycles. The van der Waals surface area contributed by atoms with Crippen molar-refractivity contribution in [3.05, 3.63) is 71.7 Å². The highest BCUT2D eigenvalue weighted by Gasteiger charge is 2.32. The molecule has 0 radical (unpaired) electrons. The number of rotatable bonds is 4. The van der Waals surface area contributed by atoms with Crippen molar-refractivity contribution < 1.29 is 18.7 Å². The van der Waals surface area contributed by atoms with Gasteiger partial charge in [-0.25, -0.2) is 4.39 Å². The third-order valence-corrected chi connectivity index (χ3v) is 4.65. The van der Waals surface area contributed by atoms with Crippen LogP contribution in [0.5, 0.6) is 11.5 Å². The average Bonchev–Trinajstić information content (AvgIpc) is 3.05. The highest BCUT2D eigenvalue weighted by Crippen LogP contribution is 2.38. The second-order valence-corrected chi connectivity index (χ2v) is 6.12. The summed E-state index contributed by atoms with van der Waals surface area (Å²) in [6.45, 7) is 0.359. The molecule has 0 saturated carbocycles. The van der Waals surface area contributed by atoms with E-state index in [1.165, 1.54) is 12.1 Å². The van der Waals surface area contributed by atoms with E-state index < -0.39 is 0 Å². The molecule has 4 rings (SSSR count). The van der Waals surface area contributed by atoms with Crippen molar-refractivity contribution in [3.63, 3.8) is 0 Å². The lowest BCUT2D eigenvalue weighted by Gasteiger charge is -2.16. The number of hydrogen-bond acceptors (Lipinski definition) is 4. The Hall–Kier alpha value is -3.41. The second-order valence-electron chi connectivity index (χ2n) is 6.12. The molecule has 136 valence electrons. The molecule has 3 aromatic rings. The van der Waals surface area contributed by atoms with Gasteiger partial charge in [0, 0.05) is 34.6 Å². The number of pyridine rings is 1. The van der Waals surface area contributed by atoms with Gasteiger partial charge in [-0.1, -0.05) is 0 Å². The number of halogens is 1. The molecule has 1 amide bonds. The van der Waals surface area contributed by atoms with Crippen molar-refractivity contribution in [2.24, 2.45) is 0 Å². The van der Waals surface area contributed by atoms with Crippen LogP contribution in [0.3, 0.4) is 0 Å². The molecule has 2 heterocycles. The predicted octanol–water partition coefficient (Wildman–Crippen LogP) is 4.07. The van der Waals surface area contributed by atoms with Crippen LogP contribution in [-0.4, -0.2) is 25.1 Å². The van der Waals surface area contributed by atoms with Gasteiger partial charge in [0.1, 0.15) is 17.3 Å². The maximum atomic E-state index is 13.2. The van der Waals surface area contributed by atoms with Gasteiger partial charge in [0.15, 0.2) is 0 Å². The van der Waals surface area contributed by atoms with Gasteiger partial charge in [0.25, 0.3) is 5.91 Å². The number of carbonyl (C=O) groups excluding carboxylic acids is 1. The van der Waals surface area contributed by atoms with E-state index in [9.17, 15) is 9.18 Å². The number of fused-ring (bicyclic) bond motifs is 1. The molecule has 1 aromatic heterocycles. The standard InChI is InChI=1S/C21H17FN2O3/c1-26-15-7-8-17(19(11-15)27-2)20-18-12-24(14-5-3-13(22)4-6-14)21(25)16(18)9-10-23-20/h3-11H,12H2,1-2H3. The molecule has 0 N–H and O–H groups in total. The fourth-order valence-electron chi connectivity index (χ4n) is 3.28. The summed E-state index contributed by atoms with van der Waals surface area (Å²) >= 11 is 0. The van der Waals surface area contributed by atoms with Crippen LogP contribution in [0.15, 0.2) is 54.7 Å². The first kappa shape index (κ1) is 17.0. The van der Waals surface area contributed by atoms with Crippen molar-refractivity contribution in [1.29, 1.82) is 0 Å². The molecule has 5 nitrogen and oxygen atoms in total. The van der Waals surface area contributed by atoms with Gasteiger partial charge in [-0.2, -0.15) is 0 Å². The third kappa shape index (κ3) is 2.89. The van der Waals surface area contributed by atoms with Crippen LogP contribution in [-0.2, 0) is 6.54 Å². The number of aromatic nitrogens is 1. The summed E-state index contributed by atoms with van der Waals surface area (Å²) in [5, 5.41) is 0. The Bertz CT molecular complexity index is 1020. The van der Waals surface area contributed by atoms with Crippen LogP contribution in [0.1, 0.15) is 15.9 Å². The van der Waals surface area contributed by atoms with E-state index in [0.717, 1.165) is 11.1 Å². The Balaban J connectivity index is 1.79. The van der Waals surface area contributed by atoms with Crippen molar-refractivity contribution in [2.45, 2.75) is 6.54 Å². The Morgan fingerprint density at radius 2 is 1.78 bits per heavy atom. The summed E-state index contributed by atoms with van der Waals surface area (Å²) in [6, 6.07) is 13.1. The van der Waals surface area contributed by atoms with E-state index >= 15 is 0 Å². The summed E-state index contributed by atoms with van der Waals surface area (Å²) < 4.78 is 24.0. The van der Waals surface area contributed by atoms with E-state index in [1.807, 2.05) is 12.1 Å². The lowest BCUT2D eigenvalue weighted by Crippen LogP contribution is -2.22. The first-order valence-electron chi connectivity index (χ1n) is 8.40. The Labute approximate surface area is 156 Å². The molecule has 0 spiro atoms. The van der Waals surface area contributed by atoms with Gasteiger partial charge in [-0.3, -0.25) is 9.78 Å². The van der Waals surface area contributed by atoms with Gasteiger partial charge >= 0.3 is 0 Å². The second kappa shape index (κ2) is 6.72. The van der Waals surface area contributed by atoms with Crippen LogP contribution < -0.4 is 14.4 Å². The largest absolute Gasteiger partial charge is 0.497 e. The van der Waals surface area contributed by atoms with E-state index in [4.69, 9.17) is 9.47 Å². The quantitative estimate of drug-likeness (QED) is 0.700. The van der Waals surface area contributed by atoms with Gasteiger partial charge in [-0.15, -0.1) is 0 Å². The highest BCUT2D eigenvalue weighted by molar-refractivity contribution is 6.11. The summed E-state index contributed by atoms with van der Waals surface area (Å²) in [5.41, 5.74) is 3.51. The predicted molar refractivity (Wildman–Crippen MR) is 99.7 cm³/mol. The molecular formula is C21H17FN2O3. The summed E-state index contributed by atoms with van der Waals surface area (Å²) in [6.07, 6.45) is 1.61. The van der Waals surface area contributed by atoms with Crippen molar-refractivity contribution in [3.8, 4) is 22.8 Å². The fourth-order valence-corrected chi connectivity index (χ4v) is 3.28. The molecule has 1 aliphatic heterocycles. The molecule has 0 saturated heterocycles. The lowest BCUT2D eigenvalue weighted by molar-refractivity contribution is 0.0996. The maximum absolute atomic E-state index is 13.2. The number of carbonyl (C=O) groups is 1. The van der Waals surface area contributed by atoms with Gasteiger partial charge < -0.3 is 14.4 Å². The molecule has 0 aliphatic carbocycles. The van der Waals surface area contributed by atoms with Crippen LogP contribution >= 0.6 is 0 Å². The van der Waals surface area contributed by atoms with Crippen LogP contribution in [0.25, 0.3) is 11.3 Å². The Morgan fingerprint density at radius 3 is 2.48 bits per heavy atom. The fraction of sp³-hybridized carbons (Fsp3) is 0.143. The zero-order valence-corrected chi connectivity index (χ0v) is 14.9. The smallest absolute Gasteiger partial charge is 0.259 e. The zero-order valence-electron chi connectivity index (χ0n) is 14.9. The topological polar surface area (TPSA) is 51.7 Å². The molecule has 6 heteroatoms. The first-order chi connectivity index (χ1) is 13.1. The van der Waals surface area contributed by atoms with E-state index in [-0.39, 0.29) is 11.7 Å². The highest BCUT2D eigenvalue weighted by atomic mass is 19.1. The maximum Gasteiger partial charge on any atom is 0.259 e. The van der Waals surface area contributed by atoms with E-state index in [0.29, 0.717) is 35.0 Å². The minimum Gasteiger partial charge on any atom is -0.497 e. The SMILES string of the molecule is COc1ccc(-c2nccc3c2CN(c2ccc(F)cc2)C3=O)c(OC)c1. The Kier molecular flexibility index (Phi) is 4.24. The third-order valence-electron chi connectivity index (χ3n) is 4.65. The average molecular weight is 364 g/mol. The molecular weight excluding hydrogens is 347 g/mol. The van der Waals surface area contributed by atoms with Gasteiger partial charge in [0.05, 0.1) is 26.5 Å². The molecule has 0 fully saturated rings. The van der Waals surface area contributed by atoms with Crippen molar-refractivity contribution >= 4 is 11.6 Å². The number of benzene rings is 2. The number of ether oxygens (including phenoxy) is 2. The number of methoxy groups -OCH3 is 2. The molecule has 0 bridgehead atoms. The molecule has 27 heavy (non-hydrogen) atoms. The molecule has 0 atom stereocenters. The summed E-state index contributed by atoms with van der Waals surface area (Å²) in [4.78, 5) is 19.0. The minimum atomic E-state index is -0.340. The number of anilines is 1. The monoisotopic (exact) mass is 364 g/mol. The van der Waals surface area contributed by atoms with Crippen molar-refractivity contribution in [1.82, 2.24) is 4.98 Å². The number of amides is 1. The van der Waals surface area contributed by atoms with Crippen LogP contribution in [0.4, 0.5) is 10.1 Å². The number of nitrogens with zero attached hydrogens (tertiary/aromatic N) is 2. The first-order valence-corrected chi connectivity index (χ1v) is 8.40. The summed E-state index contributed by atoms with van der Waals surface area (Å²) in [7, 11) is 3.17. The zero-order chi connectivity index (χ0) is 19.0. The van der Waals surface area contributed by atoms with Crippen LogP contribution in [0, 0.1) is 5.82 Å². The normalized spacial score (nSPS) is 12.9. The number of hydrogen-bond donors (Lipinski definition) is 0. The van der Waals surface area contributed by atoms with Gasteiger partial charge in [0.2, 0.25) is 0 Å². The lowest BCUT2D eigenvalue weighted by atomic mass is 10.0. The minimum absolute atomic E-state index is 0.132. The van der Waals surface area contributed by atoms with E-state index in [1.54, 1.807) is 49.6 Å². The van der Waals surface area contributed by atoms with Gasteiger partial charge in [-0.05, 0) is 42.5 Å². The van der Waals surface area contributed by atoms with Crippen molar-refractivity contribution in [2.75, 3.05) is 19.1 Å². The van der Waals surface area contributed by atoms with Crippen LogP contribution in [0.2, 0.25) is 0 Å². The molecule has 1 aliphatic rings. The summed E-state index contributed by atoms with van der Waals surface area (Å²) in [5.74, 6) is 0.816.